The highest BCUT2D eigenvalue weighted by Crippen LogP contribution is 2.29. The van der Waals surface area contributed by atoms with Crippen molar-refractivity contribution in [1.82, 2.24) is 4.98 Å². The van der Waals surface area contributed by atoms with Crippen molar-refractivity contribution < 1.29 is 17.9 Å². The first-order valence-corrected chi connectivity index (χ1v) is 9.32. The molecule has 3 rings (SSSR count). The minimum atomic E-state index is -3.93. The third-order valence-electron chi connectivity index (χ3n) is 4.10. The number of rotatable bonds is 4. The lowest BCUT2D eigenvalue weighted by Crippen LogP contribution is -2.28. The molecule has 0 atom stereocenters. The Morgan fingerprint density at radius 1 is 1.12 bits per heavy atom. The van der Waals surface area contributed by atoms with Crippen molar-refractivity contribution in [3.63, 3.8) is 0 Å². The first kappa shape index (κ1) is 17.9. The number of nitrogens with zero attached hydrogens (tertiary/aromatic N) is 2. The molecule has 134 valence electrons. The van der Waals surface area contributed by atoms with Crippen LogP contribution >= 0.6 is 0 Å². The molecule has 0 unspecified atom stereocenters. The van der Waals surface area contributed by atoms with Crippen LogP contribution in [0.25, 0.3) is 10.9 Å². The highest BCUT2D eigenvalue weighted by Gasteiger charge is 2.27. The summed E-state index contributed by atoms with van der Waals surface area (Å²) in [6.07, 6.45) is 1.63. The summed E-state index contributed by atoms with van der Waals surface area (Å²) in [4.78, 5) is 16.4. The van der Waals surface area contributed by atoms with Crippen LogP contribution in [0.4, 0.5) is 5.69 Å². The molecule has 2 aromatic carbocycles. The van der Waals surface area contributed by atoms with Gasteiger partial charge in [-0.2, -0.15) is 0 Å². The maximum atomic E-state index is 13.2. The van der Waals surface area contributed by atoms with E-state index < -0.39 is 16.0 Å². The third kappa shape index (κ3) is 3.01. The monoisotopic (exact) mass is 370 g/mol. The number of aromatic nitrogens is 1. The van der Waals surface area contributed by atoms with Gasteiger partial charge in [-0.15, -0.1) is 0 Å². The average molecular weight is 370 g/mol. The molecule has 0 saturated carbocycles. The molecule has 1 aromatic heterocycles. The summed E-state index contributed by atoms with van der Waals surface area (Å²) >= 11 is 0. The van der Waals surface area contributed by atoms with E-state index in [0.717, 1.165) is 15.3 Å². The van der Waals surface area contributed by atoms with Gasteiger partial charge in [-0.25, -0.2) is 13.2 Å². The van der Waals surface area contributed by atoms with Crippen LogP contribution in [-0.4, -0.2) is 33.5 Å². The molecule has 7 heteroatoms. The summed E-state index contributed by atoms with van der Waals surface area (Å²) in [5.41, 5.74) is 1.74. The van der Waals surface area contributed by atoms with Crippen LogP contribution in [0.15, 0.2) is 59.6 Å². The number of anilines is 1. The van der Waals surface area contributed by atoms with Crippen molar-refractivity contribution >= 4 is 32.6 Å². The first-order chi connectivity index (χ1) is 12.4. The SMILES string of the molecule is COC(=O)c1ccccc1N(C)S(=O)(=O)c1cccc2cc(C)cnc12. The highest BCUT2D eigenvalue weighted by molar-refractivity contribution is 7.93. The molecular weight excluding hydrogens is 352 g/mol. The number of esters is 1. The number of sulfonamides is 1. The Labute approximate surface area is 152 Å². The Kier molecular flexibility index (Phi) is 4.65. The van der Waals surface area contributed by atoms with Crippen LogP contribution in [0.1, 0.15) is 15.9 Å². The molecule has 0 saturated heterocycles. The van der Waals surface area contributed by atoms with Gasteiger partial charge in [0.15, 0.2) is 0 Å². The number of aryl methyl sites for hydroxylation is 1. The number of fused-ring (bicyclic) bond motifs is 1. The molecule has 0 radical (unpaired) electrons. The number of benzene rings is 2. The maximum absolute atomic E-state index is 13.2. The fourth-order valence-corrected chi connectivity index (χ4v) is 4.14. The zero-order chi connectivity index (χ0) is 18.9. The van der Waals surface area contributed by atoms with Gasteiger partial charge in [0, 0.05) is 18.6 Å². The summed E-state index contributed by atoms with van der Waals surface area (Å²) in [5, 5.41) is 0.737. The second kappa shape index (κ2) is 6.76. The number of para-hydroxylation sites is 2. The van der Waals surface area contributed by atoms with E-state index in [9.17, 15) is 13.2 Å². The predicted molar refractivity (Wildman–Crippen MR) is 99.9 cm³/mol. The Hall–Kier alpha value is -2.93. The van der Waals surface area contributed by atoms with E-state index in [1.54, 1.807) is 30.5 Å². The van der Waals surface area contributed by atoms with E-state index in [1.165, 1.54) is 26.3 Å². The van der Waals surface area contributed by atoms with Crippen molar-refractivity contribution in [3.8, 4) is 0 Å². The van der Waals surface area contributed by atoms with E-state index in [-0.39, 0.29) is 16.1 Å². The molecule has 1 heterocycles. The summed E-state index contributed by atoms with van der Waals surface area (Å²) in [7, 11) is -1.27. The number of carbonyl (C=O) groups is 1. The van der Waals surface area contributed by atoms with E-state index in [1.807, 2.05) is 19.1 Å². The maximum Gasteiger partial charge on any atom is 0.340 e. The Bertz CT molecular complexity index is 1090. The van der Waals surface area contributed by atoms with E-state index in [4.69, 9.17) is 4.74 Å². The molecule has 0 aliphatic rings. The van der Waals surface area contributed by atoms with Gasteiger partial charge in [0.2, 0.25) is 0 Å². The molecule has 6 nitrogen and oxygen atoms in total. The normalized spacial score (nSPS) is 11.3. The molecule has 0 N–H and O–H groups in total. The van der Waals surface area contributed by atoms with Crippen molar-refractivity contribution in [1.29, 1.82) is 0 Å². The molecule has 0 amide bonds. The Morgan fingerprint density at radius 2 is 1.85 bits per heavy atom. The minimum Gasteiger partial charge on any atom is -0.465 e. The second-order valence-corrected chi connectivity index (χ2v) is 7.76. The van der Waals surface area contributed by atoms with Gasteiger partial charge in [-0.05, 0) is 36.8 Å². The lowest BCUT2D eigenvalue weighted by Gasteiger charge is -2.22. The number of hydrogen-bond acceptors (Lipinski definition) is 5. The number of ether oxygens (including phenoxy) is 1. The standard InChI is InChI=1S/C19H18N2O4S/c1-13-11-14-7-6-10-17(18(14)20-12-13)26(23,24)21(2)16-9-5-4-8-15(16)19(22)25-3/h4-12H,1-3H3. The number of hydrogen-bond donors (Lipinski definition) is 0. The van der Waals surface area contributed by atoms with Gasteiger partial charge in [0.1, 0.15) is 4.90 Å². The fraction of sp³-hybridized carbons (Fsp3) is 0.158. The Balaban J connectivity index is 2.17. The number of carbonyl (C=O) groups excluding carboxylic acids is 1. The van der Waals surface area contributed by atoms with Crippen molar-refractivity contribution in [3.05, 3.63) is 65.9 Å². The van der Waals surface area contributed by atoms with Gasteiger partial charge in [0.05, 0.1) is 23.9 Å². The fourth-order valence-electron chi connectivity index (χ4n) is 2.76. The van der Waals surface area contributed by atoms with Crippen molar-refractivity contribution in [2.24, 2.45) is 0 Å². The second-order valence-electron chi connectivity index (χ2n) is 5.82. The molecule has 0 aliphatic heterocycles. The predicted octanol–water partition coefficient (Wildman–Crippen LogP) is 3.15. The van der Waals surface area contributed by atoms with Gasteiger partial charge in [0.25, 0.3) is 10.0 Å². The zero-order valence-electron chi connectivity index (χ0n) is 14.6. The van der Waals surface area contributed by atoms with Crippen LogP contribution in [0.2, 0.25) is 0 Å². The number of pyridine rings is 1. The number of methoxy groups -OCH3 is 1. The van der Waals surface area contributed by atoms with E-state index in [0.29, 0.717) is 5.52 Å². The quantitative estimate of drug-likeness (QED) is 0.660. The summed E-state index contributed by atoms with van der Waals surface area (Å²) < 4.78 is 32.3. The Morgan fingerprint density at radius 3 is 2.58 bits per heavy atom. The van der Waals surface area contributed by atoms with Crippen molar-refractivity contribution in [2.45, 2.75) is 11.8 Å². The van der Waals surface area contributed by atoms with E-state index >= 15 is 0 Å². The zero-order valence-corrected chi connectivity index (χ0v) is 15.4. The molecule has 0 fully saturated rings. The van der Waals surface area contributed by atoms with Gasteiger partial charge in [-0.1, -0.05) is 24.3 Å². The average Bonchev–Trinajstić information content (AvgIpc) is 2.65. The molecular formula is C19H18N2O4S. The van der Waals surface area contributed by atoms with Gasteiger partial charge < -0.3 is 4.74 Å². The van der Waals surface area contributed by atoms with Crippen LogP contribution in [0, 0.1) is 6.92 Å². The molecule has 26 heavy (non-hydrogen) atoms. The van der Waals surface area contributed by atoms with Crippen molar-refractivity contribution in [2.75, 3.05) is 18.5 Å². The van der Waals surface area contributed by atoms with Crippen LogP contribution in [-0.2, 0) is 14.8 Å². The molecule has 0 bridgehead atoms. The topological polar surface area (TPSA) is 76.6 Å². The van der Waals surface area contributed by atoms with Crippen LogP contribution < -0.4 is 4.31 Å². The highest BCUT2D eigenvalue weighted by atomic mass is 32.2. The third-order valence-corrected chi connectivity index (χ3v) is 5.90. The van der Waals surface area contributed by atoms with Crippen LogP contribution in [0.5, 0.6) is 0 Å². The largest absolute Gasteiger partial charge is 0.465 e. The van der Waals surface area contributed by atoms with E-state index in [2.05, 4.69) is 4.98 Å². The van der Waals surface area contributed by atoms with Gasteiger partial charge >= 0.3 is 5.97 Å². The molecule has 0 aliphatic carbocycles. The smallest absolute Gasteiger partial charge is 0.340 e. The van der Waals surface area contributed by atoms with Crippen LogP contribution in [0.3, 0.4) is 0 Å². The first-order valence-electron chi connectivity index (χ1n) is 7.88. The lowest BCUT2D eigenvalue weighted by atomic mass is 10.2. The summed E-state index contributed by atoms with van der Waals surface area (Å²) in [6, 6.07) is 13.3. The summed E-state index contributed by atoms with van der Waals surface area (Å²) in [5.74, 6) is -0.602. The summed E-state index contributed by atoms with van der Waals surface area (Å²) in [6.45, 7) is 1.90. The minimum absolute atomic E-state index is 0.0807. The lowest BCUT2D eigenvalue weighted by molar-refractivity contribution is 0.0601. The van der Waals surface area contributed by atoms with Gasteiger partial charge in [-0.3, -0.25) is 9.29 Å². The molecule has 3 aromatic rings. The molecule has 0 spiro atoms.